The molecule has 0 spiro atoms. The molecule has 0 saturated heterocycles. The van der Waals surface area contributed by atoms with Crippen molar-refractivity contribution in [1.82, 2.24) is 4.90 Å². The Morgan fingerprint density at radius 1 is 1.17 bits per heavy atom. The summed E-state index contributed by atoms with van der Waals surface area (Å²) in [7, 11) is 1.70. The summed E-state index contributed by atoms with van der Waals surface area (Å²) < 4.78 is 16.1. The Labute approximate surface area is 143 Å². The van der Waals surface area contributed by atoms with Crippen molar-refractivity contribution >= 4 is 0 Å². The highest BCUT2D eigenvalue weighted by atomic mass is 16.5. The maximum absolute atomic E-state index is 10.3. The van der Waals surface area contributed by atoms with Crippen LogP contribution in [-0.4, -0.2) is 49.5 Å². The Kier molecular flexibility index (Phi) is 8.55. The second-order valence-corrected chi connectivity index (χ2v) is 5.82. The van der Waals surface area contributed by atoms with Gasteiger partial charge < -0.3 is 19.0 Å². The van der Waals surface area contributed by atoms with Crippen molar-refractivity contribution < 1.29 is 19.0 Å². The molecule has 0 unspecified atom stereocenters. The maximum Gasteiger partial charge on any atom is 0.117 e. The van der Waals surface area contributed by atoms with Gasteiger partial charge in [0.05, 0.1) is 32.1 Å². The number of aliphatic hydroxyl groups is 1. The molecule has 0 saturated carbocycles. The molecule has 5 nitrogen and oxygen atoms in total. The van der Waals surface area contributed by atoms with Gasteiger partial charge in [-0.05, 0) is 24.1 Å². The third-order valence-electron chi connectivity index (χ3n) is 3.67. The topological polar surface area (TPSA) is 55.1 Å². The van der Waals surface area contributed by atoms with E-state index in [1.807, 2.05) is 42.5 Å². The van der Waals surface area contributed by atoms with Gasteiger partial charge in [0.1, 0.15) is 5.76 Å². The molecule has 1 aromatic carbocycles. The maximum atomic E-state index is 10.3. The highest BCUT2D eigenvalue weighted by Crippen LogP contribution is 2.08. The van der Waals surface area contributed by atoms with Gasteiger partial charge >= 0.3 is 0 Å². The molecule has 0 aliphatic heterocycles. The van der Waals surface area contributed by atoms with Crippen molar-refractivity contribution in [2.75, 3.05) is 33.4 Å². The first-order valence-corrected chi connectivity index (χ1v) is 8.31. The molecule has 2 aromatic rings. The average molecular weight is 333 g/mol. The third-order valence-corrected chi connectivity index (χ3v) is 3.67. The molecule has 132 valence electrons. The summed E-state index contributed by atoms with van der Waals surface area (Å²) in [4.78, 5) is 2.16. The van der Waals surface area contributed by atoms with E-state index in [-0.39, 0.29) is 0 Å². The number of aliphatic hydroxyl groups excluding tert-OH is 1. The van der Waals surface area contributed by atoms with Crippen LogP contribution in [-0.2, 0) is 22.6 Å². The van der Waals surface area contributed by atoms with Crippen LogP contribution in [0.3, 0.4) is 0 Å². The van der Waals surface area contributed by atoms with Crippen molar-refractivity contribution in [3.63, 3.8) is 0 Å². The summed E-state index contributed by atoms with van der Waals surface area (Å²) in [6, 6.07) is 13.8. The van der Waals surface area contributed by atoms with E-state index in [9.17, 15) is 5.11 Å². The van der Waals surface area contributed by atoms with E-state index in [2.05, 4.69) is 4.90 Å². The van der Waals surface area contributed by atoms with Crippen LogP contribution in [0.25, 0.3) is 0 Å². The first-order valence-electron chi connectivity index (χ1n) is 8.31. The van der Waals surface area contributed by atoms with E-state index in [0.29, 0.717) is 32.9 Å². The Morgan fingerprint density at radius 2 is 2.00 bits per heavy atom. The summed E-state index contributed by atoms with van der Waals surface area (Å²) in [5.74, 6) is 0.893. The fourth-order valence-electron chi connectivity index (χ4n) is 2.53. The van der Waals surface area contributed by atoms with Crippen molar-refractivity contribution in [2.24, 2.45) is 0 Å². The Balaban J connectivity index is 1.74. The lowest BCUT2D eigenvalue weighted by Crippen LogP contribution is -2.35. The zero-order valence-corrected chi connectivity index (χ0v) is 14.3. The summed E-state index contributed by atoms with van der Waals surface area (Å²) in [6.45, 7) is 3.58. The molecule has 1 aromatic heterocycles. The third kappa shape index (κ3) is 7.27. The fraction of sp³-hybridized carbons (Fsp3) is 0.474. The Hall–Kier alpha value is -1.66. The van der Waals surface area contributed by atoms with Gasteiger partial charge in [-0.15, -0.1) is 0 Å². The molecule has 24 heavy (non-hydrogen) atoms. The number of hydrogen-bond donors (Lipinski definition) is 1. The minimum atomic E-state index is -0.536. The lowest BCUT2D eigenvalue weighted by molar-refractivity contribution is 0.00642. The molecule has 0 aliphatic carbocycles. The second-order valence-electron chi connectivity index (χ2n) is 5.82. The predicted molar refractivity (Wildman–Crippen MR) is 92.6 cm³/mol. The van der Waals surface area contributed by atoms with Crippen LogP contribution in [0.4, 0.5) is 0 Å². The summed E-state index contributed by atoms with van der Waals surface area (Å²) >= 11 is 0. The van der Waals surface area contributed by atoms with E-state index in [1.54, 1.807) is 13.4 Å². The quantitative estimate of drug-likeness (QED) is 0.605. The lowest BCUT2D eigenvalue weighted by Gasteiger charge is -2.24. The van der Waals surface area contributed by atoms with Gasteiger partial charge in [0.2, 0.25) is 0 Å². The van der Waals surface area contributed by atoms with Crippen LogP contribution in [0, 0.1) is 0 Å². The van der Waals surface area contributed by atoms with Crippen molar-refractivity contribution in [3.8, 4) is 0 Å². The molecular formula is C19H27NO4. The van der Waals surface area contributed by atoms with Gasteiger partial charge in [0.25, 0.3) is 0 Å². The predicted octanol–water partition coefficient (Wildman–Crippen LogP) is 2.70. The molecule has 5 heteroatoms. The average Bonchev–Trinajstić information content (AvgIpc) is 3.09. The molecule has 0 fully saturated rings. The number of nitrogens with zero attached hydrogens (tertiary/aromatic N) is 1. The highest BCUT2D eigenvalue weighted by molar-refractivity contribution is 5.13. The van der Waals surface area contributed by atoms with Gasteiger partial charge in [-0.1, -0.05) is 30.3 Å². The largest absolute Gasteiger partial charge is 0.468 e. The van der Waals surface area contributed by atoms with Gasteiger partial charge in [0.15, 0.2) is 0 Å². The van der Waals surface area contributed by atoms with Crippen molar-refractivity contribution in [2.45, 2.75) is 25.7 Å². The number of hydrogen-bond acceptors (Lipinski definition) is 5. The molecular weight excluding hydrogens is 306 g/mol. The minimum absolute atomic E-state index is 0.313. The molecule has 0 bridgehead atoms. The fourth-order valence-corrected chi connectivity index (χ4v) is 2.53. The van der Waals surface area contributed by atoms with E-state index in [4.69, 9.17) is 13.9 Å². The molecule has 2 rings (SSSR count). The van der Waals surface area contributed by atoms with E-state index < -0.39 is 6.10 Å². The second kappa shape index (κ2) is 11.0. The zero-order chi connectivity index (χ0) is 17.0. The van der Waals surface area contributed by atoms with Crippen molar-refractivity contribution in [3.05, 3.63) is 60.1 Å². The molecule has 1 atom stereocenters. The minimum Gasteiger partial charge on any atom is -0.468 e. The standard InChI is InChI=1S/C19H27NO4/c1-22-11-6-10-20(14-19-9-5-12-24-19)13-18(21)16-23-15-17-7-3-2-4-8-17/h2-5,7-9,12,18,21H,6,10-11,13-16H2,1H3/t18-/m1/s1. The first kappa shape index (κ1) is 18.7. The molecule has 1 heterocycles. The van der Waals surface area contributed by atoms with Crippen LogP contribution >= 0.6 is 0 Å². The highest BCUT2D eigenvalue weighted by Gasteiger charge is 2.13. The Morgan fingerprint density at radius 3 is 2.71 bits per heavy atom. The van der Waals surface area contributed by atoms with Crippen LogP contribution < -0.4 is 0 Å². The van der Waals surface area contributed by atoms with Gasteiger partial charge in [-0.25, -0.2) is 0 Å². The number of methoxy groups -OCH3 is 1. The van der Waals surface area contributed by atoms with E-state index in [0.717, 1.165) is 24.3 Å². The first-order chi connectivity index (χ1) is 11.8. The SMILES string of the molecule is COCCCN(Cc1ccco1)C[C@@H](O)COCc1ccccc1. The Bertz CT molecular complexity index is 530. The zero-order valence-electron chi connectivity index (χ0n) is 14.3. The summed E-state index contributed by atoms with van der Waals surface area (Å²) in [6.07, 6.45) is 2.04. The van der Waals surface area contributed by atoms with Gasteiger partial charge in [-0.3, -0.25) is 4.90 Å². The normalized spacial score (nSPS) is 12.6. The van der Waals surface area contributed by atoms with E-state index >= 15 is 0 Å². The number of ether oxygens (including phenoxy) is 2. The summed E-state index contributed by atoms with van der Waals surface area (Å²) in [5.41, 5.74) is 1.11. The van der Waals surface area contributed by atoms with Gasteiger partial charge in [0, 0.05) is 26.8 Å². The van der Waals surface area contributed by atoms with Gasteiger partial charge in [-0.2, -0.15) is 0 Å². The van der Waals surface area contributed by atoms with Crippen molar-refractivity contribution in [1.29, 1.82) is 0 Å². The van der Waals surface area contributed by atoms with Crippen LogP contribution in [0.1, 0.15) is 17.7 Å². The summed E-state index contributed by atoms with van der Waals surface area (Å²) in [5, 5.41) is 10.3. The lowest BCUT2D eigenvalue weighted by atomic mass is 10.2. The molecule has 0 aliphatic rings. The molecule has 0 radical (unpaired) electrons. The number of rotatable bonds is 12. The molecule has 0 amide bonds. The number of benzene rings is 1. The van der Waals surface area contributed by atoms with E-state index in [1.165, 1.54) is 0 Å². The monoisotopic (exact) mass is 333 g/mol. The van der Waals surface area contributed by atoms with Crippen LogP contribution in [0.2, 0.25) is 0 Å². The number of furan rings is 1. The smallest absolute Gasteiger partial charge is 0.117 e. The van der Waals surface area contributed by atoms with Crippen LogP contribution in [0.5, 0.6) is 0 Å². The molecule has 1 N–H and O–H groups in total. The van der Waals surface area contributed by atoms with Crippen LogP contribution in [0.15, 0.2) is 53.1 Å².